The largest absolute Gasteiger partial charge is 0.461 e. The number of fused-ring (bicyclic) bond motifs is 4. The van der Waals surface area contributed by atoms with Crippen molar-refractivity contribution in [3.8, 4) is 6.01 Å². The first kappa shape index (κ1) is 32.4. The average Bonchev–Trinajstić information content (AvgIpc) is 3.47. The van der Waals surface area contributed by atoms with Gasteiger partial charge in [0.2, 0.25) is 0 Å². The van der Waals surface area contributed by atoms with Gasteiger partial charge in [0.15, 0.2) is 0 Å². The van der Waals surface area contributed by atoms with Gasteiger partial charge in [0.05, 0.1) is 29.9 Å². The van der Waals surface area contributed by atoms with Gasteiger partial charge in [-0.3, -0.25) is 20.0 Å². The Kier molecular flexibility index (Phi) is 8.78. The molecule has 1 spiro atoms. The van der Waals surface area contributed by atoms with E-state index < -0.39 is 12.1 Å². The van der Waals surface area contributed by atoms with E-state index in [4.69, 9.17) is 31.7 Å². The van der Waals surface area contributed by atoms with Crippen LogP contribution in [0.25, 0.3) is 0 Å². The summed E-state index contributed by atoms with van der Waals surface area (Å²) in [5, 5.41) is 10.7. The maximum Gasteiger partial charge on any atom is 0.318 e. The molecule has 0 radical (unpaired) electrons. The molecule has 47 heavy (non-hydrogen) atoms. The highest BCUT2D eigenvalue weighted by molar-refractivity contribution is 6.58. The Labute approximate surface area is 281 Å². The highest BCUT2D eigenvalue weighted by atomic mass is 35.5. The van der Waals surface area contributed by atoms with E-state index in [1.165, 1.54) is 16.0 Å². The first-order valence-electron chi connectivity index (χ1n) is 17.1. The van der Waals surface area contributed by atoms with Gasteiger partial charge in [-0.25, -0.2) is 4.39 Å². The lowest BCUT2D eigenvalue weighted by Gasteiger charge is -2.49. The second-order valence-corrected chi connectivity index (χ2v) is 14.8. The third-order valence-electron chi connectivity index (χ3n) is 11.2. The van der Waals surface area contributed by atoms with Crippen LogP contribution in [0.4, 0.5) is 10.2 Å². The molecular weight excluding hydrogens is 619 g/mol. The number of aryl methyl sites for hydroxylation is 1. The van der Waals surface area contributed by atoms with E-state index in [9.17, 15) is 9.18 Å². The van der Waals surface area contributed by atoms with Crippen LogP contribution in [0.5, 0.6) is 6.01 Å². The summed E-state index contributed by atoms with van der Waals surface area (Å²) >= 11 is 6.75. The van der Waals surface area contributed by atoms with E-state index >= 15 is 0 Å². The van der Waals surface area contributed by atoms with Crippen LogP contribution in [0.1, 0.15) is 60.9 Å². The van der Waals surface area contributed by atoms with Gasteiger partial charge in [-0.2, -0.15) is 9.97 Å². The summed E-state index contributed by atoms with van der Waals surface area (Å²) in [4.78, 5) is 31.2. The Bertz CT molecular complexity index is 1600. The van der Waals surface area contributed by atoms with Gasteiger partial charge in [0, 0.05) is 58.6 Å². The summed E-state index contributed by atoms with van der Waals surface area (Å²) in [7, 11) is 5.47. The summed E-state index contributed by atoms with van der Waals surface area (Å²) in [6.45, 7) is 4.37. The molecule has 3 atom stereocenters. The minimum Gasteiger partial charge on any atom is -0.461 e. The van der Waals surface area contributed by atoms with E-state index in [1.54, 1.807) is 14.1 Å². The molecule has 1 aromatic carbocycles. The molecule has 0 saturated carbocycles. The Morgan fingerprint density at radius 3 is 2.83 bits per heavy atom. The van der Waals surface area contributed by atoms with E-state index in [0.717, 1.165) is 87.4 Å². The van der Waals surface area contributed by atoms with Crippen molar-refractivity contribution in [1.82, 2.24) is 24.7 Å². The van der Waals surface area contributed by atoms with Crippen LogP contribution in [-0.4, -0.2) is 108 Å². The van der Waals surface area contributed by atoms with Crippen molar-refractivity contribution in [1.29, 1.82) is 5.41 Å². The van der Waals surface area contributed by atoms with Crippen LogP contribution in [0.15, 0.2) is 35.0 Å². The minimum atomic E-state index is -0.831. The molecule has 3 fully saturated rings. The zero-order valence-electron chi connectivity index (χ0n) is 27.8. The first-order chi connectivity index (χ1) is 22.6. The number of halogens is 2. The summed E-state index contributed by atoms with van der Waals surface area (Å²) in [6, 6.07) is 9.16. The molecule has 1 aromatic heterocycles. The van der Waals surface area contributed by atoms with Gasteiger partial charge in [-0.05, 0) is 56.8 Å². The number of benzene rings is 1. The number of nitrogens with zero attached hydrogens (tertiary/aromatic N) is 6. The molecule has 4 aliphatic heterocycles. The Hall–Kier alpha value is -3.12. The molecule has 5 heterocycles. The molecule has 5 aliphatic rings. The molecule has 3 saturated heterocycles. The fourth-order valence-corrected chi connectivity index (χ4v) is 9.00. The van der Waals surface area contributed by atoms with Crippen LogP contribution < -0.4 is 15.0 Å². The second kappa shape index (κ2) is 12.7. The van der Waals surface area contributed by atoms with Crippen LogP contribution in [0.2, 0.25) is 0 Å². The highest BCUT2D eigenvalue weighted by Gasteiger charge is 2.50. The number of aromatic nitrogens is 2. The van der Waals surface area contributed by atoms with Gasteiger partial charge < -0.3 is 19.9 Å². The zero-order chi connectivity index (χ0) is 32.9. The van der Waals surface area contributed by atoms with Gasteiger partial charge >= 0.3 is 6.01 Å². The number of hydrogen-bond acceptors (Lipinski definition) is 8. The van der Waals surface area contributed by atoms with Crippen molar-refractivity contribution in [2.24, 2.45) is 0 Å². The quantitative estimate of drug-likeness (QED) is 0.458. The number of alkyl halides is 1. The van der Waals surface area contributed by atoms with E-state index in [1.807, 2.05) is 5.32 Å². The van der Waals surface area contributed by atoms with Crippen LogP contribution >= 0.6 is 11.6 Å². The summed E-state index contributed by atoms with van der Waals surface area (Å²) < 4.78 is 21.1. The molecule has 0 unspecified atom stereocenters. The number of likely N-dealkylation sites (N-methyl/N-ethyl adjacent to an activating group) is 1. The Morgan fingerprint density at radius 1 is 1.17 bits per heavy atom. The molecule has 0 bridgehead atoms. The van der Waals surface area contributed by atoms with Crippen molar-refractivity contribution >= 4 is 29.0 Å². The lowest BCUT2D eigenvalue weighted by molar-refractivity contribution is -0.605. The van der Waals surface area contributed by atoms with Gasteiger partial charge in [-0.15, -0.1) is 0 Å². The van der Waals surface area contributed by atoms with Crippen molar-refractivity contribution < 1.29 is 19.2 Å². The molecule has 12 heteroatoms. The number of hydrogen-bond donors (Lipinski definition) is 2. The van der Waals surface area contributed by atoms with Crippen molar-refractivity contribution in [3.05, 3.63) is 57.4 Å². The van der Waals surface area contributed by atoms with Gasteiger partial charge in [-0.1, -0.05) is 35.9 Å². The Balaban J connectivity index is 1.27. The highest BCUT2D eigenvalue weighted by Crippen LogP contribution is 2.47. The van der Waals surface area contributed by atoms with Crippen LogP contribution in [0.3, 0.4) is 0 Å². The van der Waals surface area contributed by atoms with Crippen molar-refractivity contribution in [3.63, 3.8) is 0 Å². The SMILES string of the molecule is CN(C)C(=O)C(=N)/C(Cl)=C1/CN(c2nc(OC[C@@]34CCCN3C[C@H](F)C4)nc3c2CN(C)[C@@]2(CCCc4ccccc42)C3)CCC[NH2+]1. The second-order valence-electron chi connectivity index (χ2n) is 14.4. The van der Waals surface area contributed by atoms with Gasteiger partial charge in [0.25, 0.3) is 5.91 Å². The predicted molar refractivity (Wildman–Crippen MR) is 180 cm³/mol. The average molecular weight is 666 g/mol. The molecule has 1 amide bonds. The fraction of sp³-hybridized carbons (Fsp3) is 0.600. The molecule has 252 valence electrons. The standard InChI is InChI=1S/C35H46ClFN8O2/c1-42(2)32(46)30(38)29(36)28-21-44(15-8-14-39-28)31-25-20-43(3)35(13-6-10-23-9-4-5-11-26(23)35)18-27(25)40-33(41-31)47-22-34-12-7-16-45(34)19-24(37)17-34/h4-5,9,11,24,38-39H,6-8,10,12-22H2,1-3H3/p+1/b29-28+,38-30?/t24-,34+,35+/m1/s1. The predicted octanol–water partition coefficient (Wildman–Crippen LogP) is 2.98. The summed E-state index contributed by atoms with van der Waals surface area (Å²) in [5.41, 5.74) is 4.94. The number of anilines is 1. The summed E-state index contributed by atoms with van der Waals surface area (Å²) in [5.74, 6) is 0.387. The smallest absolute Gasteiger partial charge is 0.318 e. The third-order valence-corrected chi connectivity index (χ3v) is 11.7. The molecule has 10 nitrogen and oxygen atoms in total. The monoisotopic (exact) mass is 665 g/mol. The molecule has 2 aromatic rings. The maximum atomic E-state index is 14.6. The lowest BCUT2D eigenvalue weighted by atomic mass is 9.71. The first-order valence-corrected chi connectivity index (χ1v) is 17.5. The molecule has 7 rings (SSSR count). The number of nitrogens with one attached hydrogen (secondary N) is 1. The van der Waals surface area contributed by atoms with Crippen molar-refractivity contribution in [2.75, 3.05) is 65.4 Å². The molecular formula is C35H47ClFN8O2+. The molecule has 3 N–H and O–H groups in total. The van der Waals surface area contributed by atoms with E-state index in [2.05, 4.69) is 46.0 Å². The lowest BCUT2D eigenvalue weighted by Crippen LogP contribution is -2.83. The molecule has 1 aliphatic carbocycles. The number of ether oxygens (including phenoxy) is 1. The van der Waals surface area contributed by atoms with Crippen molar-refractivity contribution in [2.45, 2.75) is 75.2 Å². The van der Waals surface area contributed by atoms with Crippen LogP contribution in [0, 0.1) is 5.41 Å². The number of carbonyl (C=O) groups excluding carboxylic acids is 1. The number of nitrogens with two attached hydrogens (primary N) is 1. The van der Waals surface area contributed by atoms with E-state index in [-0.39, 0.29) is 21.8 Å². The normalized spacial score (nSPS) is 28.8. The number of rotatable bonds is 6. The minimum absolute atomic E-state index is 0.166. The number of quaternary nitrogens is 1. The van der Waals surface area contributed by atoms with Gasteiger partial charge in [0.1, 0.15) is 35.0 Å². The number of amides is 1. The maximum absolute atomic E-state index is 14.6. The Morgan fingerprint density at radius 2 is 2.00 bits per heavy atom. The number of carbonyl (C=O) groups is 1. The van der Waals surface area contributed by atoms with E-state index in [0.29, 0.717) is 38.7 Å². The zero-order valence-corrected chi connectivity index (χ0v) is 28.6. The van der Waals surface area contributed by atoms with Crippen LogP contribution in [-0.2, 0) is 29.7 Å². The third kappa shape index (κ3) is 5.83. The topological polar surface area (TPSA) is 106 Å². The summed E-state index contributed by atoms with van der Waals surface area (Å²) in [6.07, 6.45) is 6.50. The fourth-order valence-electron chi connectivity index (χ4n) is 8.78.